The van der Waals surface area contributed by atoms with Crippen LogP contribution in [0.3, 0.4) is 0 Å². The highest BCUT2D eigenvalue weighted by Crippen LogP contribution is 2.32. The number of fused-ring (bicyclic) bond motifs is 1. The predicted molar refractivity (Wildman–Crippen MR) is 102 cm³/mol. The van der Waals surface area contributed by atoms with E-state index in [0.29, 0.717) is 22.5 Å². The van der Waals surface area contributed by atoms with Crippen molar-refractivity contribution >= 4 is 11.6 Å². The molecule has 0 aliphatic heterocycles. The smallest absolute Gasteiger partial charge is 0.350 e. The standard InChI is InChI=1S/C21H21F3N4O/c22-21(23,24)18-11-16(15-9-5-2-6-10-15)26-19-12-17(27-28(18)19)20(29)25-13-14-7-3-1-4-8-14/h2,5-6,9-12,14H,1,3-4,7-8,13H2,(H,25,29). The Labute approximate surface area is 166 Å². The molecule has 0 unspecified atom stereocenters. The lowest BCUT2D eigenvalue weighted by Crippen LogP contribution is -2.30. The van der Waals surface area contributed by atoms with Crippen molar-refractivity contribution in [1.29, 1.82) is 0 Å². The first-order chi connectivity index (χ1) is 13.9. The molecule has 1 N–H and O–H groups in total. The van der Waals surface area contributed by atoms with Gasteiger partial charge < -0.3 is 5.32 Å². The molecule has 4 rings (SSSR count). The van der Waals surface area contributed by atoms with Gasteiger partial charge in [0.2, 0.25) is 0 Å². The number of hydrogen-bond acceptors (Lipinski definition) is 3. The summed E-state index contributed by atoms with van der Waals surface area (Å²) in [5.74, 6) is -0.0614. The van der Waals surface area contributed by atoms with Crippen molar-refractivity contribution < 1.29 is 18.0 Å². The molecule has 2 aromatic heterocycles. The molecule has 0 bridgehead atoms. The van der Waals surface area contributed by atoms with E-state index in [1.165, 1.54) is 12.5 Å². The number of alkyl halides is 3. The Hall–Kier alpha value is -2.90. The summed E-state index contributed by atoms with van der Waals surface area (Å²) in [6, 6.07) is 10.9. The Morgan fingerprint density at radius 1 is 1.10 bits per heavy atom. The van der Waals surface area contributed by atoms with Crippen LogP contribution in [0.2, 0.25) is 0 Å². The van der Waals surface area contributed by atoms with Crippen molar-refractivity contribution in [2.24, 2.45) is 5.92 Å². The fraction of sp³-hybridized carbons (Fsp3) is 0.381. The lowest BCUT2D eigenvalue weighted by Gasteiger charge is -2.21. The number of benzene rings is 1. The minimum atomic E-state index is -4.63. The maximum Gasteiger partial charge on any atom is 0.433 e. The molecule has 0 radical (unpaired) electrons. The van der Waals surface area contributed by atoms with Gasteiger partial charge in [0.15, 0.2) is 17.0 Å². The molecule has 0 atom stereocenters. The van der Waals surface area contributed by atoms with Crippen molar-refractivity contribution in [3.8, 4) is 11.3 Å². The maximum atomic E-state index is 13.6. The molecule has 8 heteroatoms. The molecular formula is C21H21F3N4O. The van der Waals surface area contributed by atoms with E-state index in [2.05, 4.69) is 15.4 Å². The van der Waals surface area contributed by atoms with Gasteiger partial charge in [-0.25, -0.2) is 9.50 Å². The zero-order valence-electron chi connectivity index (χ0n) is 15.7. The second-order valence-electron chi connectivity index (χ2n) is 7.40. The second kappa shape index (κ2) is 7.85. The van der Waals surface area contributed by atoms with E-state index in [4.69, 9.17) is 0 Å². The summed E-state index contributed by atoms with van der Waals surface area (Å²) in [6.45, 7) is 0.515. The minimum absolute atomic E-state index is 0.0125. The SMILES string of the molecule is O=C(NCC1CCCCC1)c1cc2nc(-c3ccccc3)cc(C(F)(F)F)n2n1. The Bertz CT molecular complexity index is 1010. The first-order valence-electron chi connectivity index (χ1n) is 9.73. The average Bonchev–Trinajstić information content (AvgIpc) is 3.16. The number of rotatable bonds is 4. The average molecular weight is 402 g/mol. The summed E-state index contributed by atoms with van der Waals surface area (Å²) >= 11 is 0. The van der Waals surface area contributed by atoms with Crippen LogP contribution in [-0.4, -0.2) is 27.0 Å². The van der Waals surface area contributed by atoms with Gasteiger partial charge in [0, 0.05) is 18.2 Å². The molecule has 5 nitrogen and oxygen atoms in total. The third-order valence-electron chi connectivity index (χ3n) is 5.30. The number of carbonyl (C=O) groups excluding carboxylic acids is 1. The van der Waals surface area contributed by atoms with Gasteiger partial charge >= 0.3 is 6.18 Å². The first-order valence-corrected chi connectivity index (χ1v) is 9.73. The lowest BCUT2D eigenvalue weighted by atomic mass is 9.89. The summed E-state index contributed by atoms with van der Waals surface area (Å²) in [4.78, 5) is 16.8. The zero-order chi connectivity index (χ0) is 20.4. The number of amides is 1. The summed E-state index contributed by atoms with van der Waals surface area (Å²) in [5.41, 5.74) is -0.303. The summed E-state index contributed by atoms with van der Waals surface area (Å²) < 4.78 is 41.6. The molecule has 29 heavy (non-hydrogen) atoms. The van der Waals surface area contributed by atoms with Gasteiger partial charge in [-0.15, -0.1) is 0 Å². The molecule has 1 amide bonds. The fourth-order valence-electron chi connectivity index (χ4n) is 3.76. The fourth-order valence-corrected chi connectivity index (χ4v) is 3.76. The quantitative estimate of drug-likeness (QED) is 0.687. The molecule has 1 aliphatic rings. The van der Waals surface area contributed by atoms with E-state index < -0.39 is 17.8 Å². The Morgan fingerprint density at radius 2 is 1.83 bits per heavy atom. The van der Waals surface area contributed by atoms with Gasteiger partial charge in [-0.2, -0.15) is 18.3 Å². The van der Waals surface area contributed by atoms with Crippen LogP contribution in [-0.2, 0) is 6.18 Å². The molecule has 1 fully saturated rings. The number of halogens is 3. The highest BCUT2D eigenvalue weighted by atomic mass is 19.4. The number of nitrogens with one attached hydrogen (secondary N) is 1. The lowest BCUT2D eigenvalue weighted by molar-refractivity contribution is -0.142. The van der Waals surface area contributed by atoms with Crippen LogP contribution < -0.4 is 5.32 Å². The molecule has 0 saturated heterocycles. The van der Waals surface area contributed by atoms with Crippen LogP contribution in [0.4, 0.5) is 13.2 Å². The first kappa shape index (κ1) is 19.4. The van der Waals surface area contributed by atoms with E-state index in [9.17, 15) is 18.0 Å². The molecule has 2 heterocycles. The zero-order valence-corrected chi connectivity index (χ0v) is 15.7. The van der Waals surface area contributed by atoms with Gasteiger partial charge in [0.05, 0.1) is 5.69 Å². The van der Waals surface area contributed by atoms with Gasteiger partial charge in [-0.1, -0.05) is 49.6 Å². The monoisotopic (exact) mass is 402 g/mol. The molecule has 1 aliphatic carbocycles. The normalized spacial score (nSPS) is 15.6. The van der Waals surface area contributed by atoms with Crippen molar-refractivity contribution in [1.82, 2.24) is 19.9 Å². The largest absolute Gasteiger partial charge is 0.433 e. The van der Waals surface area contributed by atoms with Gasteiger partial charge in [-0.3, -0.25) is 4.79 Å². The molecule has 0 spiro atoms. The maximum absolute atomic E-state index is 13.6. The Morgan fingerprint density at radius 3 is 2.52 bits per heavy atom. The second-order valence-corrected chi connectivity index (χ2v) is 7.40. The Balaban J connectivity index is 1.65. The topological polar surface area (TPSA) is 59.3 Å². The van der Waals surface area contributed by atoms with Crippen molar-refractivity contribution in [2.75, 3.05) is 6.54 Å². The summed E-state index contributed by atoms with van der Waals surface area (Å²) in [6.07, 6.45) is 1.00. The van der Waals surface area contributed by atoms with E-state index in [1.54, 1.807) is 30.3 Å². The Kier molecular flexibility index (Phi) is 5.25. The van der Waals surface area contributed by atoms with Crippen molar-refractivity contribution in [2.45, 2.75) is 38.3 Å². The van der Waals surface area contributed by atoms with E-state index in [1.807, 2.05) is 0 Å². The van der Waals surface area contributed by atoms with Gasteiger partial charge in [0.25, 0.3) is 5.91 Å². The van der Waals surface area contributed by atoms with Crippen LogP contribution >= 0.6 is 0 Å². The summed E-state index contributed by atoms with van der Waals surface area (Å²) in [5, 5.41) is 6.71. The third kappa shape index (κ3) is 4.26. The number of hydrogen-bond donors (Lipinski definition) is 1. The third-order valence-corrected chi connectivity index (χ3v) is 5.30. The number of aromatic nitrogens is 3. The van der Waals surface area contributed by atoms with Crippen molar-refractivity contribution in [3.05, 3.63) is 53.9 Å². The molecule has 152 valence electrons. The van der Waals surface area contributed by atoms with E-state index in [-0.39, 0.29) is 17.0 Å². The molecule has 1 saturated carbocycles. The van der Waals surface area contributed by atoms with Crippen molar-refractivity contribution in [3.63, 3.8) is 0 Å². The minimum Gasteiger partial charge on any atom is -0.350 e. The van der Waals surface area contributed by atoms with Crippen LogP contribution in [0.25, 0.3) is 16.9 Å². The van der Waals surface area contributed by atoms with Crippen LogP contribution in [0, 0.1) is 5.92 Å². The van der Waals surface area contributed by atoms with Gasteiger partial charge in [-0.05, 0) is 24.8 Å². The van der Waals surface area contributed by atoms with E-state index in [0.717, 1.165) is 31.7 Å². The van der Waals surface area contributed by atoms with Gasteiger partial charge in [0.1, 0.15) is 0 Å². The van der Waals surface area contributed by atoms with Crippen LogP contribution in [0.5, 0.6) is 0 Å². The van der Waals surface area contributed by atoms with Crippen LogP contribution in [0.1, 0.15) is 48.3 Å². The number of carbonyl (C=O) groups is 1. The highest BCUT2D eigenvalue weighted by molar-refractivity contribution is 5.93. The molecular weight excluding hydrogens is 381 g/mol. The molecule has 3 aromatic rings. The predicted octanol–water partition coefficient (Wildman–Crippen LogP) is 4.73. The molecule has 1 aromatic carbocycles. The highest BCUT2D eigenvalue weighted by Gasteiger charge is 2.35. The summed E-state index contributed by atoms with van der Waals surface area (Å²) in [7, 11) is 0. The number of nitrogens with zero attached hydrogens (tertiary/aromatic N) is 3. The van der Waals surface area contributed by atoms with Crippen LogP contribution in [0.15, 0.2) is 42.5 Å². The van der Waals surface area contributed by atoms with E-state index >= 15 is 0 Å².